The average molecular weight is 458 g/mol. The first kappa shape index (κ1) is 20.9. The lowest BCUT2D eigenvalue weighted by molar-refractivity contribution is 0.0727. The van der Waals surface area contributed by atoms with E-state index in [9.17, 15) is 13.2 Å². The number of hydrogen-bond donors (Lipinski definition) is 0. The van der Waals surface area contributed by atoms with Gasteiger partial charge in [0.05, 0.1) is 30.8 Å². The largest absolute Gasteiger partial charge is 0.493 e. The van der Waals surface area contributed by atoms with Crippen LogP contribution in [0.1, 0.15) is 10.4 Å². The van der Waals surface area contributed by atoms with Crippen molar-refractivity contribution in [3.05, 3.63) is 66.2 Å². The van der Waals surface area contributed by atoms with Gasteiger partial charge in [-0.15, -0.1) is 0 Å². The third-order valence-corrected chi connectivity index (χ3v) is 6.06. The Hall–Kier alpha value is -3.36. The number of esters is 1. The van der Waals surface area contributed by atoms with Crippen LogP contribution in [0.25, 0.3) is 21.8 Å². The van der Waals surface area contributed by atoms with E-state index in [1.165, 1.54) is 26.4 Å². The second-order valence-corrected chi connectivity index (χ2v) is 9.01. The molecular weight excluding hydrogens is 442 g/mol. The van der Waals surface area contributed by atoms with Crippen LogP contribution in [0.15, 0.2) is 65.6 Å². The van der Waals surface area contributed by atoms with Gasteiger partial charge < -0.3 is 14.2 Å². The number of pyridine rings is 1. The van der Waals surface area contributed by atoms with Crippen molar-refractivity contribution >= 4 is 47.5 Å². The molecule has 31 heavy (non-hydrogen) atoms. The highest BCUT2D eigenvalue weighted by Crippen LogP contribution is 2.43. The number of nitrogens with zero attached hydrogens (tertiary/aromatic N) is 1. The third-order valence-electron chi connectivity index (χ3n) is 4.71. The Bertz CT molecular complexity index is 1380. The number of methoxy groups -OCH3 is 2. The first-order valence-corrected chi connectivity index (χ1v) is 11.4. The standard InChI is InChI=1S/C22H16ClNO6S/c1-28-17-11-12-18(31(23,26)27)21(29-2)20(17)30-22(25)19-13-7-3-5-9-15(13)24-16-10-6-4-8-14(16)19/h3-12H,1-2H3. The van der Waals surface area contributed by atoms with Crippen molar-refractivity contribution in [2.75, 3.05) is 14.2 Å². The molecule has 0 aliphatic heterocycles. The SMILES string of the molecule is COc1ccc(S(=O)(=O)Cl)c(OC)c1OC(=O)c1c2ccccc2nc2ccccc12. The highest BCUT2D eigenvalue weighted by Gasteiger charge is 2.27. The number of para-hydroxylation sites is 2. The minimum Gasteiger partial charge on any atom is -0.493 e. The minimum absolute atomic E-state index is 0.108. The van der Waals surface area contributed by atoms with E-state index < -0.39 is 15.0 Å². The molecule has 1 aromatic heterocycles. The van der Waals surface area contributed by atoms with Gasteiger partial charge in [0.15, 0.2) is 11.5 Å². The van der Waals surface area contributed by atoms with E-state index in [0.29, 0.717) is 21.8 Å². The number of halogens is 1. The van der Waals surface area contributed by atoms with Gasteiger partial charge in [0, 0.05) is 21.5 Å². The first-order chi connectivity index (χ1) is 14.8. The number of carbonyl (C=O) groups is 1. The van der Waals surface area contributed by atoms with Gasteiger partial charge in [0.1, 0.15) is 4.90 Å². The lowest BCUT2D eigenvalue weighted by atomic mass is 10.0. The maximum Gasteiger partial charge on any atom is 0.345 e. The molecule has 0 aliphatic carbocycles. The van der Waals surface area contributed by atoms with Crippen LogP contribution in [-0.2, 0) is 9.05 Å². The monoisotopic (exact) mass is 457 g/mol. The van der Waals surface area contributed by atoms with Gasteiger partial charge in [0.25, 0.3) is 9.05 Å². The summed E-state index contributed by atoms with van der Waals surface area (Å²) in [5.74, 6) is -1.04. The summed E-state index contributed by atoms with van der Waals surface area (Å²) in [6.45, 7) is 0. The summed E-state index contributed by atoms with van der Waals surface area (Å²) in [5.41, 5.74) is 1.51. The summed E-state index contributed by atoms with van der Waals surface area (Å²) in [6, 6.07) is 16.9. The van der Waals surface area contributed by atoms with E-state index >= 15 is 0 Å². The normalized spacial score (nSPS) is 11.5. The molecule has 158 valence electrons. The molecule has 1 heterocycles. The highest BCUT2D eigenvalue weighted by atomic mass is 35.7. The Balaban J connectivity index is 1.94. The van der Waals surface area contributed by atoms with E-state index in [-0.39, 0.29) is 27.7 Å². The van der Waals surface area contributed by atoms with Crippen LogP contribution in [-0.4, -0.2) is 33.6 Å². The summed E-state index contributed by atoms with van der Waals surface area (Å²) in [6.07, 6.45) is 0. The van der Waals surface area contributed by atoms with Crippen molar-refractivity contribution in [1.82, 2.24) is 4.98 Å². The number of hydrogen-bond acceptors (Lipinski definition) is 7. The number of benzene rings is 3. The lowest BCUT2D eigenvalue weighted by Crippen LogP contribution is -2.13. The van der Waals surface area contributed by atoms with Crippen molar-refractivity contribution in [3.63, 3.8) is 0 Å². The third kappa shape index (κ3) is 3.75. The molecule has 0 saturated carbocycles. The van der Waals surface area contributed by atoms with Crippen molar-refractivity contribution < 1.29 is 27.4 Å². The zero-order valence-electron chi connectivity index (χ0n) is 16.5. The number of aromatic nitrogens is 1. The summed E-state index contributed by atoms with van der Waals surface area (Å²) >= 11 is 0. The fraction of sp³-hybridized carbons (Fsp3) is 0.0909. The second kappa shape index (κ2) is 8.05. The number of carbonyl (C=O) groups excluding carboxylic acids is 1. The molecule has 0 fully saturated rings. The molecule has 0 bridgehead atoms. The van der Waals surface area contributed by atoms with Crippen molar-refractivity contribution in [3.8, 4) is 17.2 Å². The average Bonchev–Trinajstić information content (AvgIpc) is 2.76. The van der Waals surface area contributed by atoms with Gasteiger partial charge in [-0.3, -0.25) is 0 Å². The van der Waals surface area contributed by atoms with E-state index in [4.69, 9.17) is 24.9 Å². The van der Waals surface area contributed by atoms with Crippen LogP contribution in [0.3, 0.4) is 0 Å². The van der Waals surface area contributed by atoms with Crippen LogP contribution in [0.4, 0.5) is 0 Å². The Morgan fingerprint density at radius 2 is 1.42 bits per heavy atom. The van der Waals surface area contributed by atoms with Crippen molar-refractivity contribution in [2.45, 2.75) is 4.90 Å². The molecule has 0 saturated heterocycles. The van der Waals surface area contributed by atoms with E-state index in [0.717, 1.165) is 0 Å². The zero-order valence-corrected chi connectivity index (χ0v) is 18.0. The summed E-state index contributed by atoms with van der Waals surface area (Å²) in [7, 11) is 3.95. The van der Waals surface area contributed by atoms with Gasteiger partial charge in [0.2, 0.25) is 5.75 Å². The molecule has 0 aliphatic rings. The van der Waals surface area contributed by atoms with Crippen LogP contribution >= 0.6 is 10.7 Å². The molecule has 0 unspecified atom stereocenters. The lowest BCUT2D eigenvalue weighted by Gasteiger charge is -2.16. The van der Waals surface area contributed by atoms with Crippen molar-refractivity contribution in [2.24, 2.45) is 0 Å². The molecule has 9 heteroatoms. The quantitative estimate of drug-likeness (QED) is 0.188. The zero-order chi connectivity index (χ0) is 22.2. The predicted octanol–water partition coefficient (Wildman–Crippen LogP) is 4.55. The number of rotatable bonds is 5. The second-order valence-electron chi connectivity index (χ2n) is 6.48. The van der Waals surface area contributed by atoms with Gasteiger partial charge >= 0.3 is 5.97 Å². The molecule has 4 aromatic rings. The Morgan fingerprint density at radius 3 is 1.94 bits per heavy atom. The Labute approximate surface area is 182 Å². The van der Waals surface area contributed by atoms with Gasteiger partial charge in [-0.1, -0.05) is 36.4 Å². The maximum absolute atomic E-state index is 13.4. The topological polar surface area (TPSA) is 91.8 Å². The molecule has 0 radical (unpaired) electrons. The highest BCUT2D eigenvalue weighted by molar-refractivity contribution is 8.13. The smallest absolute Gasteiger partial charge is 0.345 e. The van der Waals surface area contributed by atoms with Crippen LogP contribution in [0, 0.1) is 0 Å². The predicted molar refractivity (Wildman–Crippen MR) is 117 cm³/mol. The first-order valence-electron chi connectivity index (χ1n) is 9.04. The Kier molecular flexibility index (Phi) is 5.43. The molecule has 4 rings (SSSR count). The van der Waals surface area contributed by atoms with Crippen LogP contribution < -0.4 is 14.2 Å². The van der Waals surface area contributed by atoms with E-state index in [1.807, 2.05) is 12.1 Å². The molecule has 0 spiro atoms. The summed E-state index contributed by atoms with van der Waals surface area (Å²) in [4.78, 5) is 17.6. The molecule has 0 amide bonds. The maximum atomic E-state index is 13.4. The fourth-order valence-corrected chi connectivity index (χ4v) is 4.37. The van der Waals surface area contributed by atoms with Gasteiger partial charge in [-0.25, -0.2) is 18.2 Å². The van der Waals surface area contributed by atoms with Crippen LogP contribution in [0.2, 0.25) is 0 Å². The molecule has 3 aromatic carbocycles. The summed E-state index contributed by atoms with van der Waals surface area (Å²) in [5, 5.41) is 1.18. The molecule has 0 N–H and O–H groups in total. The van der Waals surface area contributed by atoms with Crippen molar-refractivity contribution in [1.29, 1.82) is 0 Å². The van der Waals surface area contributed by atoms with Gasteiger partial charge in [-0.2, -0.15) is 0 Å². The summed E-state index contributed by atoms with van der Waals surface area (Å²) < 4.78 is 40.1. The molecule has 7 nitrogen and oxygen atoms in total. The molecule has 0 atom stereocenters. The van der Waals surface area contributed by atoms with E-state index in [2.05, 4.69) is 4.98 Å². The Morgan fingerprint density at radius 1 is 0.839 bits per heavy atom. The van der Waals surface area contributed by atoms with E-state index in [1.54, 1.807) is 36.4 Å². The van der Waals surface area contributed by atoms with Gasteiger partial charge in [-0.05, 0) is 24.3 Å². The number of fused-ring (bicyclic) bond motifs is 2. The number of ether oxygens (including phenoxy) is 3. The molecular formula is C22H16ClNO6S. The van der Waals surface area contributed by atoms with Crippen LogP contribution in [0.5, 0.6) is 17.2 Å². The minimum atomic E-state index is -4.17. The fourth-order valence-electron chi connectivity index (χ4n) is 3.37.